The molecular weight excluding hydrogens is 460 g/mol. The fraction of sp³-hybridized carbons (Fsp3) is 0.345. The Morgan fingerprint density at radius 2 is 1.66 bits per heavy atom. The second-order valence-corrected chi connectivity index (χ2v) is 12.1. The third-order valence-corrected chi connectivity index (χ3v) is 9.63. The van der Waals surface area contributed by atoms with Crippen molar-refractivity contribution in [2.75, 3.05) is 12.5 Å². The number of fused-ring (bicyclic) bond motifs is 1. The quantitative estimate of drug-likeness (QED) is 0.419. The molecule has 0 atom stereocenters. The smallest absolute Gasteiger partial charge is 0.231 e. The van der Waals surface area contributed by atoms with Gasteiger partial charge in [0.1, 0.15) is 5.78 Å². The Morgan fingerprint density at radius 1 is 0.886 bits per heavy atom. The lowest BCUT2D eigenvalue weighted by Crippen LogP contribution is -2.22. The van der Waals surface area contributed by atoms with Gasteiger partial charge < -0.3 is 9.47 Å². The van der Waals surface area contributed by atoms with Gasteiger partial charge in [-0.25, -0.2) is 8.42 Å². The number of hydrogen-bond acceptors (Lipinski definition) is 5. The van der Waals surface area contributed by atoms with Crippen molar-refractivity contribution in [1.82, 2.24) is 0 Å². The van der Waals surface area contributed by atoms with Crippen molar-refractivity contribution < 1.29 is 22.7 Å². The standard InChI is InChI=1S/C29H28O5S/c30-28(29(13-14-29)24-9-12-26-27(17-24)34-19-33-26)16-21-5-2-6-23(15-21)22-7-10-25(11-8-22)35(31,32)18-20-3-1-4-20/h2,5-12,15,17,20H,1,3-4,13-14,16,18-19H2. The molecule has 3 aliphatic rings. The van der Waals surface area contributed by atoms with Crippen molar-refractivity contribution in [2.24, 2.45) is 5.92 Å². The van der Waals surface area contributed by atoms with E-state index in [0.29, 0.717) is 23.0 Å². The van der Waals surface area contributed by atoms with E-state index in [1.54, 1.807) is 12.1 Å². The van der Waals surface area contributed by atoms with Crippen LogP contribution >= 0.6 is 0 Å². The normalized spacial score (nSPS) is 18.2. The average molecular weight is 489 g/mol. The fourth-order valence-corrected chi connectivity index (χ4v) is 6.88. The van der Waals surface area contributed by atoms with Gasteiger partial charge >= 0.3 is 0 Å². The van der Waals surface area contributed by atoms with Crippen LogP contribution in [-0.2, 0) is 26.5 Å². The molecule has 3 aromatic carbocycles. The Labute approximate surface area is 206 Å². The third kappa shape index (κ3) is 4.25. The van der Waals surface area contributed by atoms with E-state index in [1.807, 2.05) is 54.6 Å². The summed E-state index contributed by atoms with van der Waals surface area (Å²) in [6.45, 7) is 0.222. The zero-order chi connectivity index (χ0) is 24.0. The van der Waals surface area contributed by atoms with Gasteiger partial charge in [-0.15, -0.1) is 0 Å². The van der Waals surface area contributed by atoms with Crippen molar-refractivity contribution in [1.29, 1.82) is 0 Å². The third-order valence-electron chi connectivity index (χ3n) is 7.73. The topological polar surface area (TPSA) is 69.7 Å². The van der Waals surface area contributed by atoms with Crippen LogP contribution in [0.1, 0.15) is 43.2 Å². The molecule has 0 spiro atoms. The first-order valence-electron chi connectivity index (χ1n) is 12.3. The van der Waals surface area contributed by atoms with Crippen molar-refractivity contribution in [3.05, 3.63) is 77.9 Å². The number of hydrogen-bond donors (Lipinski definition) is 0. The van der Waals surface area contributed by atoms with Crippen LogP contribution in [0, 0.1) is 5.92 Å². The van der Waals surface area contributed by atoms with E-state index in [1.165, 1.54) is 0 Å². The van der Waals surface area contributed by atoms with Gasteiger partial charge in [-0.1, -0.05) is 48.9 Å². The van der Waals surface area contributed by atoms with Gasteiger partial charge in [-0.3, -0.25) is 4.79 Å². The SMILES string of the molecule is O=C(Cc1cccc(-c2ccc(S(=O)(=O)CC3CCC3)cc2)c1)C1(c2ccc3c(c2)OCO3)CC1. The molecule has 2 saturated carbocycles. The zero-order valence-corrected chi connectivity index (χ0v) is 20.4. The van der Waals surface area contributed by atoms with Gasteiger partial charge in [0.2, 0.25) is 6.79 Å². The number of benzene rings is 3. The van der Waals surface area contributed by atoms with Gasteiger partial charge in [-0.05, 0) is 78.1 Å². The second kappa shape index (κ2) is 8.52. The highest BCUT2D eigenvalue weighted by Crippen LogP contribution is 2.51. The van der Waals surface area contributed by atoms with Crippen LogP contribution in [0.25, 0.3) is 11.1 Å². The number of carbonyl (C=O) groups is 1. The fourth-order valence-electron chi connectivity index (χ4n) is 5.18. The van der Waals surface area contributed by atoms with E-state index in [4.69, 9.17) is 9.47 Å². The maximum absolute atomic E-state index is 13.4. The van der Waals surface area contributed by atoms with E-state index in [0.717, 1.165) is 60.1 Å². The molecule has 5 nitrogen and oxygen atoms in total. The molecule has 0 N–H and O–H groups in total. The van der Waals surface area contributed by atoms with E-state index in [9.17, 15) is 13.2 Å². The Balaban J connectivity index is 1.18. The minimum Gasteiger partial charge on any atom is -0.454 e. The highest BCUT2D eigenvalue weighted by molar-refractivity contribution is 7.91. The molecular formula is C29H28O5S. The van der Waals surface area contributed by atoms with Crippen LogP contribution in [0.2, 0.25) is 0 Å². The summed E-state index contributed by atoms with van der Waals surface area (Å²) in [5.41, 5.74) is 3.45. The molecule has 0 unspecified atom stereocenters. The summed E-state index contributed by atoms with van der Waals surface area (Å²) < 4.78 is 36.3. The lowest BCUT2D eigenvalue weighted by atomic mass is 9.87. The van der Waals surface area contributed by atoms with Crippen LogP contribution in [0.5, 0.6) is 11.5 Å². The van der Waals surface area contributed by atoms with E-state index < -0.39 is 15.3 Å². The van der Waals surface area contributed by atoms with Crippen LogP contribution in [-0.4, -0.2) is 26.7 Å². The van der Waals surface area contributed by atoms with E-state index in [2.05, 4.69) is 0 Å². The van der Waals surface area contributed by atoms with Gasteiger partial charge in [0.25, 0.3) is 0 Å². The second-order valence-electron chi connectivity index (χ2n) is 10.1. The Bertz CT molecular complexity index is 1380. The van der Waals surface area contributed by atoms with Crippen molar-refractivity contribution in [3.8, 4) is 22.6 Å². The summed E-state index contributed by atoms with van der Waals surface area (Å²) in [5.74, 6) is 2.20. The van der Waals surface area contributed by atoms with Gasteiger partial charge in [0.15, 0.2) is 21.3 Å². The minimum atomic E-state index is -3.24. The molecule has 2 fully saturated rings. The van der Waals surface area contributed by atoms with Gasteiger partial charge in [-0.2, -0.15) is 0 Å². The summed E-state index contributed by atoms with van der Waals surface area (Å²) in [4.78, 5) is 13.8. The first-order valence-corrected chi connectivity index (χ1v) is 13.9. The molecule has 35 heavy (non-hydrogen) atoms. The number of rotatable bonds is 8. The predicted molar refractivity (Wildman–Crippen MR) is 133 cm³/mol. The molecule has 3 aromatic rings. The van der Waals surface area contributed by atoms with E-state index in [-0.39, 0.29) is 18.3 Å². The van der Waals surface area contributed by atoms with Crippen LogP contribution in [0.3, 0.4) is 0 Å². The molecule has 0 saturated heterocycles. The van der Waals surface area contributed by atoms with Crippen LogP contribution in [0.15, 0.2) is 71.6 Å². The van der Waals surface area contributed by atoms with E-state index >= 15 is 0 Å². The van der Waals surface area contributed by atoms with Crippen LogP contribution in [0.4, 0.5) is 0 Å². The molecule has 0 amide bonds. The number of Topliss-reactive ketones (excluding diaryl/α,β-unsaturated/α-hetero) is 1. The number of carbonyl (C=O) groups excluding carboxylic acids is 1. The van der Waals surface area contributed by atoms with Crippen molar-refractivity contribution in [2.45, 2.75) is 48.8 Å². The lowest BCUT2D eigenvalue weighted by molar-refractivity contribution is -0.120. The Morgan fingerprint density at radius 3 is 2.37 bits per heavy atom. The zero-order valence-electron chi connectivity index (χ0n) is 19.5. The minimum absolute atomic E-state index is 0.214. The molecule has 180 valence electrons. The monoisotopic (exact) mass is 488 g/mol. The summed E-state index contributed by atoms with van der Waals surface area (Å²) >= 11 is 0. The molecule has 0 bridgehead atoms. The highest BCUT2D eigenvalue weighted by Gasteiger charge is 2.50. The number of sulfone groups is 1. The first kappa shape index (κ1) is 22.4. The average Bonchev–Trinajstić information content (AvgIpc) is 3.53. The largest absolute Gasteiger partial charge is 0.454 e. The molecule has 1 heterocycles. The molecule has 1 aliphatic heterocycles. The molecule has 0 radical (unpaired) electrons. The molecule has 2 aliphatic carbocycles. The number of ether oxygens (including phenoxy) is 2. The maximum Gasteiger partial charge on any atom is 0.231 e. The highest BCUT2D eigenvalue weighted by atomic mass is 32.2. The predicted octanol–water partition coefficient (Wildman–Crippen LogP) is 5.50. The summed E-state index contributed by atoms with van der Waals surface area (Å²) in [6, 6.07) is 20.9. The van der Waals surface area contributed by atoms with Crippen molar-refractivity contribution >= 4 is 15.6 Å². The Kier molecular flexibility index (Phi) is 5.44. The lowest BCUT2D eigenvalue weighted by Gasteiger charge is -2.24. The molecule has 0 aromatic heterocycles. The number of ketones is 1. The van der Waals surface area contributed by atoms with Crippen LogP contribution < -0.4 is 9.47 Å². The first-order chi connectivity index (χ1) is 16.9. The maximum atomic E-state index is 13.4. The van der Waals surface area contributed by atoms with Crippen molar-refractivity contribution in [3.63, 3.8) is 0 Å². The summed E-state index contributed by atoms with van der Waals surface area (Å²) in [6.07, 6.45) is 5.22. The summed E-state index contributed by atoms with van der Waals surface area (Å²) in [5, 5.41) is 0. The summed E-state index contributed by atoms with van der Waals surface area (Å²) in [7, 11) is -3.24. The van der Waals surface area contributed by atoms with Gasteiger partial charge in [0, 0.05) is 6.42 Å². The van der Waals surface area contributed by atoms with Gasteiger partial charge in [0.05, 0.1) is 16.1 Å². The Hall–Kier alpha value is -3.12. The molecule has 6 heteroatoms. The molecule has 6 rings (SSSR count).